The van der Waals surface area contributed by atoms with Gasteiger partial charge in [-0.2, -0.15) is 4.98 Å². The molecular weight excluding hydrogens is 465 g/mol. The van der Waals surface area contributed by atoms with E-state index in [1.54, 1.807) is 31.5 Å². The van der Waals surface area contributed by atoms with Crippen molar-refractivity contribution in [2.24, 2.45) is 0 Å². The lowest BCUT2D eigenvalue weighted by molar-refractivity contribution is 0.0951. The molecule has 33 heavy (non-hydrogen) atoms. The molecule has 0 aliphatic rings. The fourth-order valence-corrected chi connectivity index (χ4v) is 3.48. The predicted molar refractivity (Wildman–Crippen MR) is 130 cm³/mol. The number of anilines is 1. The van der Waals surface area contributed by atoms with Gasteiger partial charge in [0.25, 0.3) is 11.5 Å². The molecule has 0 spiro atoms. The highest BCUT2D eigenvalue weighted by atomic mass is 35.5. The molecule has 0 fully saturated rings. The van der Waals surface area contributed by atoms with Gasteiger partial charge in [-0.15, -0.1) is 0 Å². The maximum atomic E-state index is 12.8. The number of hydrogen-bond acceptors (Lipinski definition) is 6. The maximum absolute atomic E-state index is 12.8. The van der Waals surface area contributed by atoms with Crippen LogP contribution in [0.3, 0.4) is 0 Å². The summed E-state index contributed by atoms with van der Waals surface area (Å²) >= 11 is 12.1. The van der Waals surface area contributed by atoms with Crippen molar-refractivity contribution in [2.45, 2.75) is 25.8 Å². The number of methoxy groups -OCH3 is 1. The number of rotatable bonds is 11. The zero-order valence-electron chi connectivity index (χ0n) is 18.2. The Balaban J connectivity index is 1.45. The topological polar surface area (TPSA) is 98.1 Å². The summed E-state index contributed by atoms with van der Waals surface area (Å²) in [7, 11) is 1.55. The largest absolute Gasteiger partial charge is 0.481 e. The highest BCUT2D eigenvalue weighted by Gasteiger charge is 2.14. The Morgan fingerprint density at radius 1 is 1.06 bits per heavy atom. The Hall–Kier alpha value is -3.10. The van der Waals surface area contributed by atoms with Crippen LogP contribution in [0.5, 0.6) is 5.88 Å². The van der Waals surface area contributed by atoms with E-state index < -0.39 is 11.5 Å². The molecule has 0 radical (unpaired) electrons. The molecule has 0 saturated heterocycles. The molecule has 1 aromatic carbocycles. The van der Waals surface area contributed by atoms with Crippen LogP contribution in [0.15, 0.2) is 53.6 Å². The van der Waals surface area contributed by atoms with Crippen molar-refractivity contribution < 1.29 is 9.53 Å². The summed E-state index contributed by atoms with van der Waals surface area (Å²) in [5.74, 6) is 0.581. The Kier molecular flexibility index (Phi) is 9.09. The Morgan fingerprint density at radius 3 is 2.58 bits per heavy atom. The second kappa shape index (κ2) is 12.2. The molecule has 3 rings (SSSR count). The van der Waals surface area contributed by atoms with Gasteiger partial charge in [0.15, 0.2) is 0 Å². The van der Waals surface area contributed by atoms with Gasteiger partial charge in [0.1, 0.15) is 5.56 Å². The average Bonchev–Trinajstić information content (AvgIpc) is 2.82. The standard InChI is InChI=1S/C23H25Cl2N5O3/c1-33-20-9-12-28-23(29-20)27-11-4-2-3-10-26-21(31)19-13-18(25)15-30(22(19)32)14-16-5-7-17(24)8-6-16/h5-9,12-13,15H,2-4,10-11,14H2,1H3,(H,26,31)(H,27,28,29). The lowest BCUT2D eigenvalue weighted by Crippen LogP contribution is -2.33. The summed E-state index contributed by atoms with van der Waals surface area (Å²) in [5, 5.41) is 6.86. The monoisotopic (exact) mass is 489 g/mol. The number of halogens is 2. The van der Waals surface area contributed by atoms with Crippen LogP contribution in [-0.4, -0.2) is 40.6 Å². The molecule has 174 valence electrons. The average molecular weight is 490 g/mol. The lowest BCUT2D eigenvalue weighted by atomic mass is 10.2. The zero-order valence-corrected chi connectivity index (χ0v) is 19.7. The number of amides is 1. The summed E-state index contributed by atoms with van der Waals surface area (Å²) in [5.41, 5.74) is 0.505. The third-order valence-corrected chi connectivity index (χ3v) is 5.28. The molecule has 2 N–H and O–H groups in total. The highest BCUT2D eigenvalue weighted by Crippen LogP contribution is 2.13. The van der Waals surface area contributed by atoms with E-state index in [4.69, 9.17) is 27.9 Å². The second-order valence-electron chi connectivity index (χ2n) is 7.30. The van der Waals surface area contributed by atoms with Gasteiger partial charge in [0.2, 0.25) is 11.8 Å². The molecule has 2 aromatic heterocycles. The predicted octanol–water partition coefficient (Wildman–Crippen LogP) is 4.01. The smallest absolute Gasteiger partial charge is 0.263 e. The van der Waals surface area contributed by atoms with Crippen molar-refractivity contribution in [3.05, 3.63) is 80.3 Å². The molecule has 0 unspecified atom stereocenters. The van der Waals surface area contributed by atoms with Crippen LogP contribution >= 0.6 is 23.2 Å². The Morgan fingerprint density at radius 2 is 1.82 bits per heavy atom. The van der Waals surface area contributed by atoms with E-state index in [9.17, 15) is 9.59 Å². The van der Waals surface area contributed by atoms with Crippen molar-refractivity contribution in [3.63, 3.8) is 0 Å². The van der Waals surface area contributed by atoms with Crippen LogP contribution in [0.4, 0.5) is 5.95 Å². The Labute approximate surface area is 201 Å². The normalized spacial score (nSPS) is 10.6. The van der Waals surface area contributed by atoms with Gasteiger partial charge in [-0.3, -0.25) is 9.59 Å². The molecule has 2 heterocycles. The maximum Gasteiger partial charge on any atom is 0.263 e. The summed E-state index contributed by atoms with van der Waals surface area (Å²) in [6.07, 6.45) is 5.68. The third kappa shape index (κ3) is 7.47. The number of nitrogens with zero attached hydrogens (tertiary/aromatic N) is 3. The minimum atomic E-state index is -0.435. The van der Waals surface area contributed by atoms with Crippen molar-refractivity contribution in [3.8, 4) is 5.88 Å². The van der Waals surface area contributed by atoms with Gasteiger partial charge < -0.3 is 19.9 Å². The summed E-state index contributed by atoms with van der Waals surface area (Å²) in [6, 6.07) is 10.2. The van der Waals surface area contributed by atoms with E-state index in [0.29, 0.717) is 41.5 Å². The second-order valence-corrected chi connectivity index (χ2v) is 8.17. The molecular formula is C23H25Cl2N5O3. The van der Waals surface area contributed by atoms with Gasteiger partial charge >= 0.3 is 0 Å². The van der Waals surface area contributed by atoms with Crippen LogP contribution < -0.4 is 20.9 Å². The molecule has 0 atom stereocenters. The van der Waals surface area contributed by atoms with Gasteiger partial charge in [-0.1, -0.05) is 35.3 Å². The van der Waals surface area contributed by atoms with Crippen molar-refractivity contribution in [1.29, 1.82) is 0 Å². The van der Waals surface area contributed by atoms with Gasteiger partial charge in [0.05, 0.1) is 18.7 Å². The number of carbonyl (C=O) groups excluding carboxylic acids is 1. The number of unbranched alkanes of at least 4 members (excludes halogenated alkanes) is 2. The van der Waals surface area contributed by atoms with Crippen molar-refractivity contribution in [2.75, 3.05) is 25.5 Å². The highest BCUT2D eigenvalue weighted by molar-refractivity contribution is 6.31. The van der Waals surface area contributed by atoms with Crippen LogP contribution in [0.1, 0.15) is 35.2 Å². The van der Waals surface area contributed by atoms with E-state index >= 15 is 0 Å². The first kappa shape index (κ1) is 24.5. The lowest BCUT2D eigenvalue weighted by Gasteiger charge is -2.10. The molecule has 0 bridgehead atoms. The Bertz CT molecular complexity index is 1140. The van der Waals surface area contributed by atoms with Crippen LogP contribution in [-0.2, 0) is 6.54 Å². The van der Waals surface area contributed by atoms with Crippen molar-refractivity contribution >= 4 is 35.1 Å². The zero-order chi connectivity index (χ0) is 23.6. The van der Waals surface area contributed by atoms with Crippen LogP contribution in [0.2, 0.25) is 10.0 Å². The molecule has 8 nitrogen and oxygen atoms in total. The summed E-state index contributed by atoms with van der Waals surface area (Å²) in [4.78, 5) is 33.6. The molecule has 3 aromatic rings. The first-order valence-corrected chi connectivity index (χ1v) is 11.3. The molecule has 1 amide bonds. The minimum absolute atomic E-state index is 0.0216. The summed E-state index contributed by atoms with van der Waals surface area (Å²) < 4.78 is 6.49. The number of pyridine rings is 1. The SMILES string of the molecule is COc1ccnc(NCCCCCNC(=O)c2cc(Cl)cn(Cc3ccc(Cl)cc3)c2=O)n1. The number of nitrogens with one attached hydrogen (secondary N) is 2. The number of carbonyl (C=O) groups is 1. The molecule has 0 saturated carbocycles. The molecule has 10 heteroatoms. The molecule has 0 aliphatic carbocycles. The summed E-state index contributed by atoms with van der Waals surface area (Å²) in [6.45, 7) is 1.45. The number of ether oxygens (including phenoxy) is 1. The van der Waals surface area contributed by atoms with Gasteiger partial charge in [-0.05, 0) is 43.0 Å². The van der Waals surface area contributed by atoms with Crippen LogP contribution in [0.25, 0.3) is 0 Å². The first-order chi connectivity index (χ1) is 16.0. The van der Waals surface area contributed by atoms with Crippen molar-refractivity contribution in [1.82, 2.24) is 19.9 Å². The van der Waals surface area contributed by atoms with E-state index in [0.717, 1.165) is 24.8 Å². The van der Waals surface area contributed by atoms with E-state index in [1.807, 2.05) is 12.1 Å². The number of aromatic nitrogens is 3. The van der Waals surface area contributed by atoms with Crippen LogP contribution in [0, 0.1) is 0 Å². The number of hydrogen-bond donors (Lipinski definition) is 2. The first-order valence-electron chi connectivity index (χ1n) is 10.5. The number of benzene rings is 1. The minimum Gasteiger partial charge on any atom is -0.481 e. The van der Waals surface area contributed by atoms with E-state index in [1.165, 1.54) is 16.8 Å². The van der Waals surface area contributed by atoms with E-state index in [2.05, 4.69) is 20.6 Å². The fraction of sp³-hybridized carbons (Fsp3) is 0.304. The molecule has 0 aliphatic heterocycles. The quantitative estimate of drug-likeness (QED) is 0.394. The van der Waals surface area contributed by atoms with E-state index in [-0.39, 0.29) is 5.56 Å². The van der Waals surface area contributed by atoms with Gasteiger partial charge in [0, 0.05) is 36.6 Å². The third-order valence-electron chi connectivity index (χ3n) is 4.82. The van der Waals surface area contributed by atoms with Gasteiger partial charge in [-0.25, -0.2) is 4.98 Å². The fourth-order valence-electron chi connectivity index (χ4n) is 3.13.